The van der Waals surface area contributed by atoms with E-state index in [2.05, 4.69) is 34.2 Å². The quantitative estimate of drug-likeness (QED) is 0.694. The van der Waals surface area contributed by atoms with Crippen LogP contribution in [0, 0.1) is 0 Å². The Bertz CT molecular complexity index is 542. The van der Waals surface area contributed by atoms with Crippen LogP contribution < -0.4 is 20.5 Å². The Morgan fingerprint density at radius 2 is 1.32 bits per heavy atom. The molecule has 0 saturated carbocycles. The summed E-state index contributed by atoms with van der Waals surface area (Å²) in [6.07, 6.45) is 0. The highest BCUT2D eigenvalue weighted by Crippen LogP contribution is 2.16. The van der Waals surface area contributed by atoms with Crippen LogP contribution in [0.2, 0.25) is 0 Å². The Labute approximate surface area is 160 Å². The summed E-state index contributed by atoms with van der Waals surface area (Å²) >= 11 is 3.15. The van der Waals surface area contributed by atoms with E-state index in [1.54, 1.807) is 14.2 Å². The monoisotopic (exact) mass is 410 g/mol. The van der Waals surface area contributed by atoms with Crippen molar-refractivity contribution in [2.24, 2.45) is 5.73 Å². The van der Waals surface area contributed by atoms with Gasteiger partial charge >= 0.3 is 0 Å². The van der Waals surface area contributed by atoms with Gasteiger partial charge in [-0.05, 0) is 18.7 Å². The number of methoxy groups -OCH3 is 2. The number of benzene rings is 2. The molecule has 0 aliphatic rings. The molecule has 0 saturated heterocycles. The van der Waals surface area contributed by atoms with Crippen molar-refractivity contribution in [2.75, 3.05) is 26.1 Å². The molecule has 3 N–H and O–H groups in total. The van der Waals surface area contributed by atoms with E-state index in [1.807, 2.05) is 49.4 Å². The van der Waals surface area contributed by atoms with Gasteiger partial charge in [0.05, 0.1) is 14.2 Å². The molecule has 5 heteroatoms. The zero-order valence-corrected chi connectivity index (χ0v) is 17.3. The van der Waals surface area contributed by atoms with Crippen molar-refractivity contribution >= 4 is 15.9 Å². The fourth-order valence-corrected chi connectivity index (χ4v) is 1.98. The Morgan fingerprint density at radius 1 is 0.880 bits per heavy atom. The number of hydrogen-bond acceptors (Lipinski definition) is 4. The molecule has 0 bridgehead atoms. The van der Waals surface area contributed by atoms with Crippen LogP contribution in [0.3, 0.4) is 0 Å². The molecular formula is C20H31BrN2O2. The summed E-state index contributed by atoms with van der Waals surface area (Å²) in [5.74, 6) is 1.82. The van der Waals surface area contributed by atoms with Gasteiger partial charge < -0.3 is 20.5 Å². The van der Waals surface area contributed by atoms with Crippen molar-refractivity contribution in [1.82, 2.24) is 5.32 Å². The van der Waals surface area contributed by atoms with Crippen molar-refractivity contribution in [3.05, 3.63) is 59.7 Å². The average Bonchev–Trinajstić information content (AvgIpc) is 2.67. The minimum atomic E-state index is 0.532. The molecule has 0 aliphatic heterocycles. The average molecular weight is 411 g/mol. The van der Waals surface area contributed by atoms with E-state index in [9.17, 15) is 0 Å². The third-order valence-corrected chi connectivity index (χ3v) is 3.17. The molecule has 0 spiro atoms. The fourth-order valence-electron chi connectivity index (χ4n) is 1.98. The zero-order chi connectivity index (χ0) is 18.9. The molecule has 0 amide bonds. The van der Waals surface area contributed by atoms with E-state index in [0.29, 0.717) is 6.54 Å². The van der Waals surface area contributed by atoms with Gasteiger partial charge in [-0.3, -0.25) is 0 Å². The lowest BCUT2D eigenvalue weighted by atomic mass is 10.2. The third-order valence-electron chi connectivity index (χ3n) is 3.17. The summed E-state index contributed by atoms with van der Waals surface area (Å²) < 4.78 is 10.3. The van der Waals surface area contributed by atoms with Gasteiger partial charge in [-0.2, -0.15) is 0 Å². The zero-order valence-electron chi connectivity index (χ0n) is 15.7. The molecule has 0 unspecified atom stereocenters. The number of alkyl halides is 1. The van der Waals surface area contributed by atoms with Crippen LogP contribution in [0.5, 0.6) is 11.5 Å². The lowest BCUT2D eigenvalue weighted by Gasteiger charge is -2.07. The number of ether oxygens (including phenoxy) is 2. The Hall–Kier alpha value is -1.56. The molecular weight excluding hydrogens is 380 g/mol. The van der Waals surface area contributed by atoms with Crippen molar-refractivity contribution < 1.29 is 9.47 Å². The largest absolute Gasteiger partial charge is 0.496 e. The summed E-state index contributed by atoms with van der Waals surface area (Å²) in [6.45, 7) is 6.53. The second kappa shape index (κ2) is 15.9. The normalized spacial score (nSPS) is 9.20. The molecule has 4 nitrogen and oxygen atoms in total. The number of halogens is 1. The lowest BCUT2D eigenvalue weighted by Crippen LogP contribution is -2.12. The number of para-hydroxylation sites is 2. The molecule has 140 valence electrons. The number of rotatable bonds is 6. The van der Waals surface area contributed by atoms with Crippen molar-refractivity contribution in [1.29, 1.82) is 0 Å². The first kappa shape index (κ1) is 23.4. The smallest absolute Gasteiger partial charge is 0.123 e. The SMILES string of the molecule is CCBr.CCNCc1ccccc1OC.COc1ccccc1CN. The fraction of sp³-hybridized carbons (Fsp3) is 0.400. The van der Waals surface area contributed by atoms with E-state index < -0.39 is 0 Å². The molecule has 2 aromatic carbocycles. The topological polar surface area (TPSA) is 56.5 Å². The van der Waals surface area contributed by atoms with Crippen LogP contribution >= 0.6 is 15.9 Å². The standard InChI is InChI=1S/C10H15NO.C8H11NO.C2H5Br/c1-3-11-8-9-6-4-5-7-10(9)12-2;1-10-8-5-3-2-4-7(8)6-9;1-2-3/h4-7,11H,3,8H2,1-2H3;2-5H,6,9H2,1H3;2H2,1H3. The van der Waals surface area contributed by atoms with E-state index in [1.165, 1.54) is 5.56 Å². The maximum absolute atomic E-state index is 5.45. The first-order valence-corrected chi connectivity index (χ1v) is 9.50. The van der Waals surface area contributed by atoms with Crippen LogP contribution in [-0.2, 0) is 13.1 Å². The Morgan fingerprint density at radius 3 is 1.72 bits per heavy atom. The lowest BCUT2D eigenvalue weighted by molar-refractivity contribution is 0.408. The highest BCUT2D eigenvalue weighted by molar-refractivity contribution is 9.09. The minimum Gasteiger partial charge on any atom is -0.496 e. The minimum absolute atomic E-state index is 0.532. The first-order chi connectivity index (χ1) is 12.2. The first-order valence-electron chi connectivity index (χ1n) is 8.38. The van der Waals surface area contributed by atoms with E-state index in [0.717, 1.165) is 35.5 Å². The summed E-state index contributed by atoms with van der Waals surface area (Å²) in [4.78, 5) is 0. The van der Waals surface area contributed by atoms with Crippen molar-refractivity contribution in [3.63, 3.8) is 0 Å². The molecule has 0 atom stereocenters. The number of hydrogen-bond donors (Lipinski definition) is 2. The number of nitrogens with two attached hydrogens (primary N) is 1. The van der Waals surface area contributed by atoms with Gasteiger partial charge in [0.2, 0.25) is 0 Å². The summed E-state index contributed by atoms with van der Waals surface area (Å²) in [5, 5.41) is 4.32. The maximum atomic E-state index is 5.45. The van der Waals surface area contributed by atoms with Gasteiger partial charge in [0, 0.05) is 29.5 Å². The number of nitrogens with one attached hydrogen (secondary N) is 1. The molecule has 0 aromatic heterocycles. The second-order valence-corrected chi connectivity index (χ2v) is 6.00. The van der Waals surface area contributed by atoms with Crippen molar-refractivity contribution in [2.45, 2.75) is 26.9 Å². The highest BCUT2D eigenvalue weighted by Gasteiger charge is 1.98. The molecule has 0 radical (unpaired) electrons. The molecule has 2 aromatic rings. The van der Waals surface area contributed by atoms with Crippen LogP contribution in [0.4, 0.5) is 0 Å². The van der Waals surface area contributed by atoms with Crippen molar-refractivity contribution in [3.8, 4) is 11.5 Å². The summed E-state index contributed by atoms with van der Waals surface area (Å²) in [6, 6.07) is 15.8. The van der Waals surface area contributed by atoms with Crippen LogP contribution in [0.1, 0.15) is 25.0 Å². The Balaban J connectivity index is 0.000000403. The highest BCUT2D eigenvalue weighted by atomic mass is 79.9. The summed E-state index contributed by atoms with van der Waals surface area (Å²) in [5.41, 5.74) is 7.70. The van der Waals surface area contributed by atoms with Gasteiger partial charge in [-0.15, -0.1) is 0 Å². The maximum Gasteiger partial charge on any atom is 0.123 e. The van der Waals surface area contributed by atoms with E-state index >= 15 is 0 Å². The molecule has 0 fully saturated rings. The summed E-state index contributed by atoms with van der Waals surface area (Å²) in [7, 11) is 3.35. The predicted octanol–water partition coefficient (Wildman–Crippen LogP) is 4.36. The molecule has 0 aliphatic carbocycles. The third kappa shape index (κ3) is 10.1. The van der Waals surface area contributed by atoms with E-state index in [4.69, 9.17) is 15.2 Å². The van der Waals surface area contributed by atoms with E-state index in [-0.39, 0.29) is 0 Å². The molecule has 2 rings (SSSR count). The van der Waals surface area contributed by atoms with Crippen LogP contribution in [-0.4, -0.2) is 26.1 Å². The predicted molar refractivity (Wildman–Crippen MR) is 111 cm³/mol. The van der Waals surface area contributed by atoms with Gasteiger partial charge in [0.1, 0.15) is 11.5 Å². The second-order valence-electron chi connectivity index (χ2n) is 4.88. The molecule has 25 heavy (non-hydrogen) atoms. The molecule has 0 heterocycles. The Kier molecular flexibility index (Phi) is 14.9. The van der Waals surface area contributed by atoms with Gasteiger partial charge in [-0.25, -0.2) is 0 Å². The van der Waals surface area contributed by atoms with Gasteiger partial charge in [0.25, 0.3) is 0 Å². The van der Waals surface area contributed by atoms with Gasteiger partial charge in [-0.1, -0.05) is 66.2 Å². The van der Waals surface area contributed by atoms with Gasteiger partial charge in [0.15, 0.2) is 0 Å². The van der Waals surface area contributed by atoms with Crippen LogP contribution in [0.15, 0.2) is 48.5 Å². The van der Waals surface area contributed by atoms with Crippen LogP contribution in [0.25, 0.3) is 0 Å².